The predicted molar refractivity (Wildman–Crippen MR) is 107 cm³/mol. The van der Waals surface area contributed by atoms with Gasteiger partial charge in [-0.2, -0.15) is 0 Å². The highest BCUT2D eigenvalue weighted by atomic mass is 35.5. The molecule has 4 rings (SSSR count). The molecule has 1 aliphatic heterocycles. The molecule has 1 amide bonds. The number of nitrogens with zero attached hydrogens (tertiary/aromatic N) is 3. The van der Waals surface area contributed by atoms with Crippen LogP contribution in [0.15, 0.2) is 61.1 Å². The Morgan fingerprint density at radius 2 is 2.07 bits per heavy atom. The minimum atomic E-state index is 0.0314. The van der Waals surface area contributed by atoms with Gasteiger partial charge in [-0.1, -0.05) is 23.7 Å². The van der Waals surface area contributed by atoms with Gasteiger partial charge >= 0.3 is 0 Å². The number of carbonyl (C=O) groups excluding carboxylic acids is 1. The molecule has 0 aliphatic carbocycles. The predicted octanol–water partition coefficient (Wildman–Crippen LogP) is 5.08. The van der Waals surface area contributed by atoms with Crippen molar-refractivity contribution in [3.63, 3.8) is 0 Å². The van der Waals surface area contributed by atoms with E-state index in [1.54, 1.807) is 18.5 Å². The molecule has 1 atom stereocenters. The number of aromatic nitrogens is 2. The molecule has 4 nitrogen and oxygen atoms in total. The number of halogens is 1. The number of hydrogen-bond donors (Lipinski definition) is 0. The fourth-order valence-corrected chi connectivity index (χ4v) is 3.90. The molecule has 1 aliphatic rings. The van der Waals surface area contributed by atoms with Crippen LogP contribution in [0.4, 0.5) is 0 Å². The van der Waals surface area contributed by atoms with E-state index in [4.69, 9.17) is 11.6 Å². The maximum atomic E-state index is 12.9. The number of aryl methyl sites for hydroxylation is 1. The molecule has 1 fully saturated rings. The van der Waals surface area contributed by atoms with Crippen molar-refractivity contribution in [3.8, 4) is 11.3 Å². The summed E-state index contributed by atoms with van der Waals surface area (Å²) in [5.41, 5.74) is 4.76. The largest absolute Gasteiger partial charge is 0.331 e. The number of hydrogen-bond acceptors (Lipinski definition) is 3. The van der Waals surface area contributed by atoms with Crippen molar-refractivity contribution < 1.29 is 4.79 Å². The van der Waals surface area contributed by atoms with Crippen LogP contribution in [0, 0.1) is 6.92 Å². The van der Waals surface area contributed by atoms with Gasteiger partial charge in [0.15, 0.2) is 0 Å². The lowest BCUT2D eigenvalue weighted by molar-refractivity contribution is 0.0734. The van der Waals surface area contributed by atoms with Crippen LogP contribution in [0.1, 0.15) is 40.4 Å². The summed E-state index contributed by atoms with van der Waals surface area (Å²) in [5.74, 6) is 0.0314. The van der Waals surface area contributed by atoms with Crippen LogP contribution < -0.4 is 0 Å². The maximum absolute atomic E-state index is 12.9. The molecular formula is C22H20ClN3O. The second-order valence-electron chi connectivity index (χ2n) is 6.83. The minimum Gasteiger partial charge on any atom is -0.331 e. The quantitative estimate of drug-likeness (QED) is 0.639. The molecule has 2 aromatic heterocycles. The van der Waals surface area contributed by atoms with E-state index >= 15 is 0 Å². The van der Waals surface area contributed by atoms with Crippen molar-refractivity contribution in [1.29, 1.82) is 0 Å². The topological polar surface area (TPSA) is 46.1 Å². The van der Waals surface area contributed by atoms with E-state index in [1.807, 2.05) is 41.4 Å². The summed E-state index contributed by atoms with van der Waals surface area (Å²) < 4.78 is 0. The molecule has 0 N–H and O–H groups in total. The molecule has 3 heterocycles. The van der Waals surface area contributed by atoms with Gasteiger partial charge in [0.25, 0.3) is 5.91 Å². The molecule has 0 spiro atoms. The van der Waals surface area contributed by atoms with Crippen LogP contribution >= 0.6 is 11.6 Å². The summed E-state index contributed by atoms with van der Waals surface area (Å²) in [4.78, 5) is 23.6. The summed E-state index contributed by atoms with van der Waals surface area (Å²) >= 11 is 6.10. The van der Waals surface area contributed by atoms with Gasteiger partial charge < -0.3 is 4.90 Å². The second-order valence-corrected chi connectivity index (χ2v) is 7.27. The van der Waals surface area contributed by atoms with Crippen molar-refractivity contribution in [1.82, 2.24) is 14.9 Å². The van der Waals surface area contributed by atoms with Gasteiger partial charge in [-0.25, -0.2) is 0 Å². The Kier molecular flexibility index (Phi) is 4.90. The molecular weight excluding hydrogens is 358 g/mol. The summed E-state index contributed by atoms with van der Waals surface area (Å²) in [7, 11) is 0. The number of benzene rings is 1. The second kappa shape index (κ2) is 7.49. The first-order valence-corrected chi connectivity index (χ1v) is 9.45. The standard InChI is InChI=1S/C22H20ClN3O/c1-15-11-20(16-5-2-7-18(23)12-16)25-14-19(15)21-8-4-10-26(21)22(27)17-6-3-9-24-13-17/h2-3,5-7,9,11-14,21H,4,8,10H2,1H3. The van der Waals surface area contributed by atoms with Crippen LogP contribution in [0.5, 0.6) is 0 Å². The number of amides is 1. The third-order valence-electron chi connectivity index (χ3n) is 5.05. The fourth-order valence-electron chi connectivity index (χ4n) is 3.71. The van der Waals surface area contributed by atoms with Crippen molar-refractivity contribution in [2.24, 2.45) is 0 Å². The maximum Gasteiger partial charge on any atom is 0.255 e. The molecule has 0 bridgehead atoms. The number of likely N-dealkylation sites (tertiary alicyclic amines) is 1. The third kappa shape index (κ3) is 3.58. The van der Waals surface area contributed by atoms with Gasteiger partial charge in [-0.15, -0.1) is 0 Å². The molecule has 3 aromatic rings. The first-order valence-electron chi connectivity index (χ1n) is 9.07. The summed E-state index contributed by atoms with van der Waals surface area (Å²) in [6.45, 7) is 2.84. The van der Waals surface area contributed by atoms with Crippen LogP contribution in [0.25, 0.3) is 11.3 Å². The Hall–Kier alpha value is -2.72. The molecule has 27 heavy (non-hydrogen) atoms. The summed E-state index contributed by atoms with van der Waals surface area (Å²) in [5, 5.41) is 0.695. The smallest absolute Gasteiger partial charge is 0.255 e. The molecule has 0 radical (unpaired) electrons. The lowest BCUT2D eigenvalue weighted by Crippen LogP contribution is -2.31. The van der Waals surface area contributed by atoms with E-state index in [2.05, 4.69) is 23.0 Å². The molecule has 1 saturated heterocycles. The summed E-state index contributed by atoms with van der Waals surface area (Å²) in [6, 6.07) is 13.4. The number of rotatable bonds is 3. The zero-order valence-electron chi connectivity index (χ0n) is 15.1. The zero-order valence-corrected chi connectivity index (χ0v) is 15.9. The van der Waals surface area contributed by atoms with Gasteiger partial charge in [-0.3, -0.25) is 14.8 Å². The molecule has 1 aromatic carbocycles. The van der Waals surface area contributed by atoms with E-state index in [0.29, 0.717) is 10.6 Å². The van der Waals surface area contributed by atoms with E-state index in [1.165, 1.54) is 0 Å². The Labute approximate surface area is 163 Å². The zero-order chi connectivity index (χ0) is 18.8. The summed E-state index contributed by atoms with van der Waals surface area (Å²) in [6.07, 6.45) is 7.16. The van der Waals surface area contributed by atoms with Gasteiger partial charge in [0.1, 0.15) is 0 Å². The first kappa shape index (κ1) is 17.7. The Morgan fingerprint density at radius 3 is 2.81 bits per heavy atom. The van der Waals surface area contributed by atoms with Gasteiger partial charge in [0, 0.05) is 35.7 Å². The molecule has 5 heteroatoms. The minimum absolute atomic E-state index is 0.0314. The normalized spacial score (nSPS) is 16.5. The van der Waals surface area contributed by atoms with Crippen molar-refractivity contribution in [2.75, 3.05) is 6.54 Å². The van der Waals surface area contributed by atoms with Crippen LogP contribution in [-0.2, 0) is 0 Å². The van der Waals surface area contributed by atoms with Crippen molar-refractivity contribution >= 4 is 17.5 Å². The van der Waals surface area contributed by atoms with E-state index in [9.17, 15) is 4.79 Å². The first-order chi connectivity index (χ1) is 13.1. The van der Waals surface area contributed by atoms with Gasteiger partial charge in [0.2, 0.25) is 0 Å². The third-order valence-corrected chi connectivity index (χ3v) is 5.29. The van der Waals surface area contributed by atoms with E-state index < -0.39 is 0 Å². The van der Waals surface area contributed by atoms with Crippen LogP contribution in [0.3, 0.4) is 0 Å². The highest BCUT2D eigenvalue weighted by Crippen LogP contribution is 2.35. The Bertz CT molecular complexity index is 974. The molecule has 0 saturated carbocycles. The van der Waals surface area contributed by atoms with E-state index in [-0.39, 0.29) is 11.9 Å². The number of pyridine rings is 2. The number of carbonyl (C=O) groups is 1. The monoisotopic (exact) mass is 377 g/mol. The Balaban J connectivity index is 1.63. The molecule has 136 valence electrons. The van der Waals surface area contributed by atoms with Crippen molar-refractivity contribution in [2.45, 2.75) is 25.8 Å². The lowest BCUT2D eigenvalue weighted by atomic mass is 9.99. The van der Waals surface area contributed by atoms with Crippen LogP contribution in [-0.4, -0.2) is 27.3 Å². The van der Waals surface area contributed by atoms with Gasteiger partial charge in [0.05, 0.1) is 17.3 Å². The fraction of sp³-hybridized carbons (Fsp3) is 0.227. The highest BCUT2D eigenvalue weighted by Gasteiger charge is 2.31. The lowest BCUT2D eigenvalue weighted by Gasteiger charge is -2.26. The molecule has 1 unspecified atom stereocenters. The van der Waals surface area contributed by atoms with E-state index in [0.717, 1.165) is 41.8 Å². The van der Waals surface area contributed by atoms with Crippen molar-refractivity contribution in [3.05, 3.63) is 82.8 Å². The SMILES string of the molecule is Cc1cc(-c2cccc(Cl)c2)ncc1C1CCCN1C(=O)c1cccnc1. The van der Waals surface area contributed by atoms with Gasteiger partial charge in [-0.05, 0) is 61.2 Å². The Morgan fingerprint density at radius 1 is 1.19 bits per heavy atom. The highest BCUT2D eigenvalue weighted by molar-refractivity contribution is 6.30. The average Bonchev–Trinajstić information content (AvgIpc) is 3.17. The van der Waals surface area contributed by atoms with Crippen LogP contribution in [0.2, 0.25) is 5.02 Å². The average molecular weight is 378 g/mol.